The first-order valence-corrected chi connectivity index (χ1v) is 14.8. The summed E-state index contributed by atoms with van der Waals surface area (Å²) >= 11 is 0. The average Bonchev–Trinajstić information content (AvgIpc) is 3.03. The van der Waals surface area contributed by atoms with Gasteiger partial charge in [0.1, 0.15) is 12.4 Å². The highest BCUT2D eigenvalue weighted by Crippen LogP contribution is 2.47. The molecule has 43 heavy (non-hydrogen) atoms. The monoisotopic (exact) mass is 581 g/mol. The van der Waals surface area contributed by atoms with Crippen LogP contribution in [0, 0.1) is 0 Å². The van der Waals surface area contributed by atoms with Crippen molar-refractivity contribution in [2.45, 2.75) is 64.6 Å². The highest BCUT2D eigenvalue weighted by Gasteiger charge is 2.42. The number of allylic oxidation sites excluding steroid dienone is 3. The second-order valence-corrected chi connectivity index (χ2v) is 11.1. The van der Waals surface area contributed by atoms with Crippen LogP contribution in [0.15, 0.2) is 95.3 Å². The van der Waals surface area contributed by atoms with E-state index in [4.69, 9.17) is 18.9 Å². The zero-order chi connectivity index (χ0) is 30.5. The van der Waals surface area contributed by atoms with Crippen LogP contribution in [-0.4, -0.2) is 32.1 Å². The van der Waals surface area contributed by atoms with Crippen molar-refractivity contribution in [3.8, 4) is 17.2 Å². The van der Waals surface area contributed by atoms with Crippen LogP contribution in [0.5, 0.6) is 17.2 Å². The van der Waals surface area contributed by atoms with Gasteiger partial charge in [-0.15, -0.1) is 0 Å². The van der Waals surface area contributed by atoms with E-state index in [2.05, 4.69) is 5.32 Å². The van der Waals surface area contributed by atoms with Crippen molar-refractivity contribution < 1.29 is 28.5 Å². The van der Waals surface area contributed by atoms with E-state index in [1.807, 2.05) is 93.6 Å². The topological polar surface area (TPSA) is 83.1 Å². The normalized spacial score (nSPS) is 18.9. The number of carbonyl (C=O) groups is 2. The third kappa shape index (κ3) is 6.46. The van der Waals surface area contributed by atoms with Gasteiger partial charge in [0.25, 0.3) is 0 Å². The lowest BCUT2D eigenvalue weighted by atomic mass is 9.71. The number of hydrogen-bond acceptors (Lipinski definition) is 7. The van der Waals surface area contributed by atoms with Gasteiger partial charge in [0.2, 0.25) is 0 Å². The molecule has 1 aliphatic carbocycles. The molecule has 224 valence electrons. The quantitative estimate of drug-likeness (QED) is 0.259. The van der Waals surface area contributed by atoms with Crippen molar-refractivity contribution in [1.29, 1.82) is 0 Å². The number of rotatable bonds is 10. The Morgan fingerprint density at radius 2 is 1.70 bits per heavy atom. The minimum atomic E-state index is -0.577. The second kappa shape index (κ2) is 13.2. The highest BCUT2D eigenvalue weighted by molar-refractivity contribution is 6.04. The number of carbonyl (C=O) groups excluding carboxylic acids is 2. The fourth-order valence-corrected chi connectivity index (χ4v) is 5.84. The van der Waals surface area contributed by atoms with E-state index in [-0.39, 0.29) is 17.8 Å². The van der Waals surface area contributed by atoms with Gasteiger partial charge in [-0.25, -0.2) is 4.79 Å². The largest absolute Gasteiger partial charge is 0.493 e. The molecule has 7 nitrogen and oxygen atoms in total. The fourth-order valence-electron chi connectivity index (χ4n) is 5.84. The molecule has 3 aromatic rings. The number of esters is 1. The van der Waals surface area contributed by atoms with Crippen molar-refractivity contribution in [2.24, 2.45) is 0 Å². The van der Waals surface area contributed by atoms with E-state index in [9.17, 15) is 9.59 Å². The van der Waals surface area contributed by atoms with E-state index in [1.165, 1.54) is 0 Å². The average molecular weight is 582 g/mol. The van der Waals surface area contributed by atoms with Crippen molar-refractivity contribution in [3.63, 3.8) is 0 Å². The van der Waals surface area contributed by atoms with Gasteiger partial charge in [-0.3, -0.25) is 4.79 Å². The fraction of sp³-hybridized carbons (Fsp3) is 0.333. The molecule has 0 saturated carbocycles. The van der Waals surface area contributed by atoms with E-state index < -0.39 is 11.9 Å². The number of nitrogens with one attached hydrogen (secondary N) is 1. The third-order valence-electron chi connectivity index (χ3n) is 8.25. The molecule has 0 fully saturated rings. The lowest BCUT2D eigenvalue weighted by Crippen LogP contribution is -2.36. The summed E-state index contributed by atoms with van der Waals surface area (Å²) < 4.78 is 22.9. The molecule has 2 aliphatic rings. The summed E-state index contributed by atoms with van der Waals surface area (Å²) in [6, 6.07) is 23.4. The molecule has 1 N–H and O–H groups in total. The number of dihydropyridines is 1. The number of ether oxygens (including phenoxy) is 4. The number of methoxy groups -OCH3 is 2. The maximum atomic E-state index is 14.1. The zero-order valence-electron chi connectivity index (χ0n) is 25.4. The van der Waals surface area contributed by atoms with Gasteiger partial charge >= 0.3 is 5.97 Å². The van der Waals surface area contributed by atoms with Gasteiger partial charge in [0.15, 0.2) is 17.3 Å². The van der Waals surface area contributed by atoms with Crippen LogP contribution in [0.4, 0.5) is 0 Å². The molecule has 3 aromatic carbocycles. The Balaban J connectivity index is 1.52. The predicted octanol–water partition coefficient (Wildman–Crippen LogP) is 6.99. The second-order valence-electron chi connectivity index (χ2n) is 11.1. The maximum absolute atomic E-state index is 14.1. The summed E-state index contributed by atoms with van der Waals surface area (Å²) in [7, 11) is 3.21. The first-order valence-electron chi connectivity index (χ1n) is 14.8. The van der Waals surface area contributed by atoms with Crippen molar-refractivity contribution in [3.05, 3.63) is 112 Å². The summed E-state index contributed by atoms with van der Waals surface area (Å²) in [6.07, 6.45) is 1.37. The Hall–Kier alpha value is -4.52. The standard InChI is InChI=1S/C36H39NO6/c1-6-22(2)43-36(39)33-23(3)37-29-18-27(25-15-16-31(40-4)32(20-25)41-5)19-30(38)35(29)34(33)26-13-10-14-28(17-26)42-21-24-11-8-7-9-12-24/h7-17,20,22,27,34,37H,6,18-19,21H2,1-5H3/t22-,27-,34+/m1/s1. The summed E-state index contributed by atoms with van der Waals surface area (Å²) in [5, 5.41) is 3.43. The summed E-state index contributed by atoms with van der Waals surface area (Å²) in [5.74, 6) is 0.882. The van der Waals surface area contributed by atoms with E-state index in [0.29, 0.717) is 60.0 Å². The van der Waals surface area contributed by atoms with Crippen LogP contribution in [0.25, 0.3) is 0 Å². The molecule has 0 aromatic heterocycles. The Labute approximate surface area is 253 Å². The van der Waals surface area contributed by atoms with E-state index >= 15 is 0 Å². The van der Waals surface area contributed by atoms with E-state index in [1.54, 1.807) is 14.2 Å². The molecule has 0 spiro atoms. The first kappa shape index (κ1) is 30.0. The Morgan fingerprint density at radius 3 is 2.42 bits per heavy atom. The molecule has 3 atom stereocenters. The minimum absolute atomic E-state index is 0.00418. The molecule has 0 bridgehead atoms. The lowest BCUT2D eigenvalue weighted by molar-refractivity contribution is -0.144. The first-order chi connectivity index (χ1) is 20.8. The molecule has 7 heteroatoms. The van der Waals surface area contributed by atoms with Crippen LogP contribution in [0.1, 0.15) is 68.6 Å². The van der Waals surface area contributed by atoms with Crippen LogP contribution in [-0.2, 0) is 20.9 Å². The Morgan fingerprint density at radius 1 is 0.930 bits per heavy atom. The van der Waals surface area contributed by atoms with Crippen LogP contribution in [0.3, 0.4) is 0 Å². The van der Waals surface area contributed by atoms with Crippen LogP contribution in [0.2, 0.25) is 0 Å². The van der Waals surface area contributed by atoms with Crippen LogP contribution >= 0.6 is 0 Å². The molecular formula is C36H39NO6. The van der Waals surface area contributed by atoms with Crippen molar-refractivity contribution in [2.75, 3.05) is 14.2 Å². The number of hydrogen-bond donors (Lipinski definition) is 1. The van der Waals surface area contributed by atoms with Gasteiger partial charge in [-0.05, 0) is 73.6 Å². The van der Waals surface area contributed by atoms with Gasteiger partial charge in [0.05, 0.1) is 25.9 Å². The Bertz CT molecular complexity index is 1560. The third-order valence-corrected chi connectivity index (χ3v) is 8.25. The van der Waals surface area contributed by atoms with E-state index in [0.717, 1.165) is 22.4 Å². The molecule has 1 aliphatic heterocycles. The highest BCUT2D eigenvalue weighted by atomic mass is 16.5. The maximum Gasteiger partial charge on any atom is 0.337 e. The Kier molecular flexibility index (Phi) is 9.19. The van der Waals surface area contributed by atoms with Crippen molar-refractivity contribution in [1.82, 2.24) is 5.32 Å². The molecule has 0 unspecified atom stereocenters. The molecule has 0 saturated heterocycles. The SMILES string of the molecule is CC[C@@H](C)OC(=O)C1=C(C)NC2=C(C(=O)C[C@H](c3ccc(OC)c(OC)c3)C2)[C@H]1c1cccc(OCc2ccccc2)c1. The predicted molar refractivity (Wildman–Crippen MR) is 165 cm³/mol. The van der Waals surface area contributed by atoms with Gasteiger partial charge in [-0.2, -0.15) is 0 Å². The summed E-state index contributed by atoms with van der Waals surface area (Å²) in [4.78, 5) is 27.7. The molecule has 0 amide bonds. The summed E-state index contributed by atoms with van der Waals surface area (Å²) in [6.45, 7) is 6.14. The smallest absolute Gasteiger partial charge is 0.337 e. The van der Waals surface area contributed by atoms with Gasteiger partial charge in [-0.1, -0.05) is 55.5 Å². The van der Waals surface area contributed by atoms with Crippen molar-refractivity contribution >= 4 is 11.8 Å². The number of ketones is 1. The molecule has 5 rings (SSSR count). The minimum Gasteiger partial charge on any atom is -0.493 e. The molecular weight excluding hydrogens is 542 g/mol. The summed E-state index contributed by atoms with van der Waals surface area (Å²) in [5.41, 5.74) is 5.44. The number of benzene rings is 3. The number of Topliss-reactive ketones (excluding diaryl/α,β-unsaturated/α-hetero) is 1. The van der Waals surface area contributed by atoms with Gasteiger partial charge in [0, 0.05) is 29.3 Å². The molecule has 1 heterocycles. The van der Waals surface area contributed by atoms with Crippen LogP contribution < -0.4 is 19.5 Å². The zero-order valence-corrected chi connectivity index (χ0v) is 25.4. The lowest BCUT2D eigenvalue weighted by Gasteiger charge is -2.37. The molecule has 0 radical (unpaired) electrons. The van der Waals surface area contributed by atoms with Gasteiger partial charge < -0.3 is 24.3 Å².